The number of nitrogens with zero attached hydrogens (tertiary/aromatic N) is 5. The van der Waals surface area contributed by atoms with Crippen molar-refractivity contribution in [3.63, 3.8) is 0 Å². The number of morpholine rings is 1. The normalized spacial score (nSPS) is 19.0. The topological polar surface area (TPSA) is 45.4 Å². The van der Waals surface area contributed by atoms with E-state index in [1.165, 1.54) is 16.7 Å². The van der Waals surface area contributed by atoms with Crippen molar-refractivity contribution in [3.8, 4) is 22.4 Å². The van der Waals surface area contributed by atoms with Gasteiger partial charge in [-0.15, -0.1) is 0 Å². The second-order valence-corrected chi connectivity index (χ2v) is 10.3. The maximum atomic E-state index is 5.73. The summed E-state index contributed by atoms with van der Waals surface area (Å²) >= 11 is 5.73. The first-order valence-corrected chi connectivity index (χ1v) is 13.0. The van der Waals surface area contributed by atoms with Crippen LogP contribution in [0.4, 0.5) is 5.69 Å². The largest absolute Gasteiger partial charge is 0.379 e. The predicted molar refractivity (Wildman–Crippen MR) is 148 cm³/mol. The van der Waals surface area contributed by atoms with E-state index in [1.807, 2.05) is 12.5 Å². The standard InChI is InChI=1S/C29H27N5OS/c36-28-29(8-9-29)31-20-34(28)25-6-2-5-24(16-25)26-18-30-27-17-23(7-10-33(26)27)22-4-1-3-21(15-22)19-32-11-13-35-14-12-32/h1-7,10,15-18,20H,8-9,11-14,19H2. The monoisotopic (exact) mass is 493 g/mol. The second-order valence-electron chi connectivity index (χ2n) is 9.88. The smallest absolute Gasteiger partial charge is 0.137 e. The Labute approximate surface area is 215 Å². The van der Waals surface area contributed by atoms with Crippen molar-refractivity contribution in [2.24, 2.45) is 4.99 Å². The minimum atomic E-state index is -0.107. The molecule has 4 heterocycles. The van der Waals surface area contributed by atoms with Crippen LogP contribution in [0.15, 0.2) is 78.0 Å². The third kappa shape index (κ3) is 3.84. The van der Waals surface area contributed by atoms with Gasteiger partial charge in [-0.05, 0) is 59.9 Å². The van der Waals surface area contributed by atoms with Gasteiger partial charge in [0.2, 0.25) is 0 Å². The van der Waals surface area contributed by atoms with Crippen LogP contribution in [0.3, 0.4) is 0 Å². The Balaban J connectivity index is 1.16. The van der Waals surface area contributed by atoms with E-state index < -0.39 is 0 Å². The van der Waals surface area contributed by atoms with Crippen LogP contribution in [0.5, 0.6) is 0 Å². The van der Waals surface area contributed by atoms with Crippen LogP contribution < -0.4 is 4.90 Å². The minimum absolute atomic E-state index is 0.107. The maximum Gasteiger partial charge on any atom is 0.137 e. The number of thiocarbonyl (C=S) groups is 1. The van der Waals surface area contributed by atoms with Gasteiger partial charge in [0, 0.05) is 37.1 Å². The fraction of sp³-hybridized carbons (Fsp3) is 0.276. The van der Waals surface area contributed by atoms with E-state index in [9.17, 15) is 0 Å². The lowest BCUT2D eigenvalue weighted by atomic mass is 10.0. The zero-order valence-corrected chi connectivity index (χ0v) is 20.8. The Morgan fingerprint density at radius 1 is 0.917 bits per heavy atom. The first-order chi connectivity index (χ1) is 17.7. The molecule has 3 aliphatic rings. The number of rotatable bonds is 5. The average Bonchev–Trinajstić information content (AvgIpc) is 3.48. The molecule has 0 radical (unpaired) electrons. The Bertz CT molecular complexity index is 1500. The lowest BCUT2D eigenvalue weighted by Crippen LogP contribution is -2.35. The molecule has 0 atom stereocenters. The van der Waals surface area contributed by atoms with Gasteiger partial charge in [0.25, 0.3) is 0 Å². The third-order valence-electron chi connectivity index (χ3n) is 7.46. The van der Waals surface area contributed by atoms with Gasteiger partial charge in [-0.3, -0.25) is 19.2 Å². The molecule has 1 saturated carbocycles. The summed E-state index contributed by atoms with van der Waals surface area (Å²) in [6.45, 7) is 4.58. The van der Waals surface area contributed by atoms with Crippen molar-refractivity contribution < 1.29 is 4.74 Å². The molecule has 2 aromatic carbocycles. The van der Waals surface area contributed by atoms with E-state index in [4.69, 9.17) is 21.9 Å². The Hall–Kier alpha value is -3.39. The molecule has 4 aromatic rings. The highest BCUT2D eigenvalue weighted by Crippen LogP contribution is 2.45. The fourth-order valence-corrected chi connectivity index (χ4v) is 5.61. The minimum Gasteiger partial charge on any atom is -0.379 e. The van der Waals surface area contributed by atoms with E-state index in [0.717, 1.165) is 73.3 Å². The van der Waals surface area contributed by atoms with Crippen LogP contribution in [0.2, 0.25) is 0 Å². The fourth-order valence-electron chi connectivity index (χ4n) is 5.20. The van der Waals surface area contributed by atoms with Gasteiger partial charge < -0.3 is 4.74 Å². The molecule has 1 aliphatic carbocycles. The van der Waals surface area contributed by atoms with Crippen LogP contribution in [0.25, 0.3) is 28.0 Å². The lowest BCUT2D eigenvalue weighted by Gasteiger charge is -2.26. The summed E-state index contributed by atoms with van der Waals surface area (Å²) in [5, 5.41) is 0. The zero-order chi connectivity index (χ0) is 24.1. The molecule has 7 rings (SSSR count). The summed E-state index contributed by atoms with van der Waals surface area (Å²) in [4.78, 5) is 14.8. The Morgan fingerprint density at radius 2 is 1.72 bits per heavy atom. The number of benzene rings is 2. The summed E-state index contributed by atoms with van der Waals surface area (Å²) in [5.41, 5.74) is 7.75. The van der Waals surface area contributed by atoms with Gasteiger partial charge >= 0.3 is 0 Å². The van der Waals surface area contributed by atoms with Gasteiger partial charge in [0.05, 0.1) is 31.4 Å². The number of aromatic nitrogens is 2. The Morgan fingerprint density at radius 3 is 2.56 bits per heavy atom. The van der Waals surface area contributed by atoms with Crippen LogP contribution >= 0.6 is 12.2 Å². The van der Waals surface area contributed by atoms with Gasteiger partial charge in [-0.2, -0.15) is 0 Å². The molecule has 0 amide bonds. The highest BCUT2D eigenvalue weighted by Gasteiger charge is 2.51. The molecule has 36 heavy (non-hydrogen) atoms. The molecule has 2 aromatic heterocycles. The molecule has 1 spiro atoms. The first-order valence-electron chi connectivity index (χ1n) is 12.5. The molecule has 180 valence electrons. The van der Waals surface area contributed by atoms with E-state index in [1.54, 1.807) is 0 Å². The number of hydrogen-bond acceptors (Lipinski definition) is 5. The number of ether oxygens (including phenoxy) is 1. The van der Waals surface area contributed by atoms with Gasteiger partial charge in [0.1, 0.15) is 16.2 Å². The molecule has 0 unspecified atom stereocenters. The molecular formula is C29H27N5OS. The highest BCUT2D eigenvalue weighted by molar-refractivity contribution is 7.81. The third-order valence-corrected chi connectivity index (χ3v) is 8.04. The molecule has 2 fully saturated rings. The van der Waals surface area contributed by atoms with Gasteiger partial charge in [0.15, 0.2) is 0 Å². The summed E-state index contributed by atoms with van der Waals surface area (Å²) in [6, 6.07) is 21.6. The summed E-state index contributed by atoms with van der Waals surface area (Å²) < 4.78 is 7.64. The number of hydrogen-bond donors (Lipinski definition) is 0. The molecular weight excluding hydrogens is 466 g/mol. The summed E-state index contributed by atoms with van der Waals surface area (Å²) in [5.74, 6) is 0. The number of fused-ring (bicyclic) bond motifs is 1. The number of anilines is 1. The van der Waals surface area contributed by atoms with Gasteiger partial charge in [-0.25, -0.2) is 4.98 Å². The predicted octanol–water partition coefficient (Wildman–Crippen LogP) is 5.21. The summed E-state index contributed by atoms with van der Waals surface area (Å²) in [6.07, 6.45) is 8.08. The molecule has 0 bridgehead atoms. The highest BCUT2D eigenvalue weighted by atomic mass is 32.1. The molecule has 6 nitrogen and oxygen atoms in total. The van der Waals surface area contributed by atoms with E-state index in [0.29, 0.717) is 0 Å². The van der Waals surface area contributed by atoms with Crippen LogP contribution in [0, 0.1) is 0 Å². The van der Waals surface area contributed by atoms with E-state index in [2.05, 4.69) is 86.1 Å². The molecule has 2 aliphatic heterocycles. The van der Waals surface area contributed by atoms with Crippen molar-refractivity contribution in [2.45, 2.75) is 24.9 Å². The van der Waals surface area contributed by atoms with Crippen LogP contribution in [-0.2, 0) is 11.3 Å². The summed E-state index contributed by atoms with van der Waals surface area (Å²) in [7, 11) is 0. The van der Waals surface area contributed by atoms with Crippen LogP contribution in [0.1, 0.15) is 18.4 Å². The van der Waals surface area contributed by atoms with Crippen molar-refractivity contribution in [1.29, 1.82) is 0 Å². The molecule has 0 N–H and O–H groups in total. The van der Waals surface area contributed by atoms with Crippen molar-refractivity contribution in [1.82, 2.24) is 14.3 Å². The quantitative estimate of drug-likeness (QED) is 0.357. The zero-order valence-electron chi connectivity index (χ0n) is 20.0. The maximum absolute atomic E-state index is 5.73. The van der Waals surface area contributed by atoms with Crippen molar-refractivity contribution in [3.05, 3.63) is 78.6 Å². The van der Waals surface area contributed by atoms with Crippen LogP contribution in [-0.4, -0.2) is 57.5 Å². The first kappa shape index (κ1) is 21.9. The number of pyridine rings is 1. The average molecular weight is 494 g/mol. The number of imidazole rings is 1. The van der Waals surface area contributed by atoms with E-state index >= 15 is 0 Å². The molecule has 7 heteroatoms. The SMILES string of the molecule is S=C1N(c2cccc(-c3cnc4cc(-c5cccc(CN6CCOCC6)c5)ccn34)c2)C=NC12CC2. The van der Waals surface area contributed by atoms with Crippen molar-refractivity contribution >= 4 is 34.9 Å². The second kappa shape index (κ2) is 8.62. The molecule has 1 saturated heterocycles. The lowest BCUT2D eigenvalue weighted by molar-refractivity contribution is 0.0342. The van der Waals surface area contributed by atoms with Crippen molar-refractivity contribution in [2.75, 3.05) is 31.2 Å². The Kier molecular flexibility index (Phi) is 5.23. The number of aliphatic imine (C=N–C) groups is 1. The van der Waals surface area contributed by atoms with E-state index in [-0.39, 0.29) is 5.54 Å². The van der Waals surface area contributed by atoms with Gasteiger partial charge in [-0.1, -0.05) is 42.5 Å².